The first kappa shape index (κ1) is 17.9. The van der Waals surface area contributed by atoms with Gasteiger partial charge in [0, 0.05) is 25.7 Å². The van der Waals surface area contributed by atoms with E-state index in [-0.39, 0.29) is 5.92 Å². The number of halogens is 3. The van der Waals surface area contributed by atoms with Crippen molar-refractivity contribution in [1.29, 1.82) is 0 Å². The van der Waals surface area contributed by atoms with E-state index in [1.807, 2.05) is 11.4 Å². The Balaban J connectivity index is 1.43. The molecule has 10 heteroatoms. The molecule has 3 aromatic heterocycles. The van der Waals surface area contributed by atoms with Gasteiger partial charge < -0.3 is 4.90 Å². The lowest BCUT2D eigenvalue weighted by Gasteiger charge is -2.33. The fourth-order valence-corrected chi connectivity index (χ4v) is 4.19. The van der Waals surface area contributed by atoms with Gasteiger partial charge in [-0.1, -0.05) is 0 Å². The largest absolute Gasteiger partial charge is 0.433 e. The molecule has 0 bridgehead atoms. The van der Waals surface area contributed by atoms with Gasteiger partial charge in [-0.3, -0.25) is 9.36 Å². The Bertz CT molecular complexity index is 1010. The van der Waals surface area contributed by atoms with Gasteiger partial charge in [0.2, 0.25) is 0 Å². The molecule has 0 saturated carbocycles. The highest BCUT2D eigenvalue weighted by Crippen LogP contribution is 2.31. The molecule has 142 valence electrons. The highest BCUT2D eigenvalue weighted by molar-refractivity contribution is 7.17. The first-order valence-corrected chi connectivity index (χ1v) is 9.36. The van der Waals surface area contributed by atoms with Crippen LogP contribution in [0.1, 0.15) is 18.5 Å². The van der Waals surface area contributed by atoms with Crippen LogP contribution in [0.4, 0.5) is 19.0 Å². The minimum Gasteiger partial charge on any atom is -0.355 e. The summed E-state index contributed by atoms with van der Waals surface area (Å²) < 4.78 is 40.2. The smallest absolute Gasteiger partial charge is 0.355 e. The van der Waals surface area contributed by atoms with Crippen molar-refractivity contribution in [3.05, 3.63) is 46.2 Å². The summed E-state index contributed by atoms with van der Waals surface area (Å²) >= 11 is 1.60. The summed E-state index contributed by atoms with van der Waals surface area (Å²) in [7, 11) is 0. The third-order valence-corrected chi connectivity index (χ3v) is 5.66. The first-order valence-electron chi connectivity index (χ1n) is 8.48. The van der Waals surface area contributed by atoms with Crippen LogP contribution in [-0.4, -0.2) is 32.6 Å². The summed E-state index contributed by atoms with van der Waals surface area (Å²) in [6.07, 6.45) is -0.399. The van der Waals surface area contributed by atoms with Crippen LogP contribution in [0.25, 0.3) is 10.2 Å². The highest BCUT2D eigenvalue weighted by atomic mass is 32.1. The number of alkyl halides is 3. The molecule has 0 N–H and O–H groups in total. The van der Waals surface area contributed by atoms with E-state index in [1.54, 1.807) is 17.7 Å². The topological polar surface area (TPSA) is 63.9 Å². The second-order valence-corrected chi connectivity index (χ2v) is 7.44. The van der Waals surface area contributed by atoms with E-state index < -0.39 is 17.4 Å². The molecule has 1 fully saturated rings. The number of rotatable bonds is 3. The molecule has 1 aliphatic heterocycles. The normalized spacial score (nSPS) is 16.2. The average Bonchev–Trinajstić information content (AvgIpc) is 3.12. The van der Waals surface area contributed by atoms with Crippen molar-refractivity contribution in [3.8, 4) is 0 Å². The van der Waals surface area contributed by atoms with Crippen molar-refractivity contribution in [2.45, 2.75) is 25.6 Å². The molecule has 3 aromatic rings. The molecule has 27 heavy (non-hydrogen) atoms. The molecule has 0 aliphatic carbocycles. The number of thiophene rings is 1. The summed E-state index contributed by atoms with van der Waals surface area (Å²) in [5, 5.41) is 1.99. The fourth-order valence-electron chi connectivity index (χ4n) is 3.32. The molecule has 1 saturated heterocycles. The zero-order valence-electron chi connectivity index (χ0n) is 14.2. The van der Waals surface area contributed by atoms with Crippen LogP contribution in [0.15, 0.2) is 35.0 Å². The van der Waals surface area contributed by atoms with Crippen molar-refractivity contribution >= 4 is 27.4 Å². The number of fused-ring (bicyclic) bond motifs is 1. The molecule has 0 radical (unpaired) electrons. The van der Waals surface area contributed by atoms with E-state index in [4.69, 9.17) is 0 Å². The van der Waals surface area contributed by atoms with E-state index >= 15 is 0 Å². The van der Waals surface area contributed by atoms with Gasteiger partial charge in [0.1, 0.15) is 12.1 Å². The molecule has 0 aromatic carbocycles. The van der Waals surface area contributed by atoms with Crippen molar-refractivity contribution in [1.82, 2.24) is 19.5 Å². The van der Waals surface area contributed by atoms with E-state index in [0.29, 0.717) is 12.6 Å². The van der Waals surface area contributed by atoms with Crippen molar-refractivity contribution in [3.63, 3.8) is 0 Å². The number of hydrogen-bond acceptors (Lipinski definition) is 6. The zero-order valence-corrected chi connectivity index (χ0v) is 15.0. The summed E-state index contributed by atoms with van der Waals surface area (Å²) in [6.45, 7) is 1.92. The molecule has 4 heterocycles. The molecule has 0 atom stereocenters. The first-order chi connectivity index (χ1) is 12.9. The molecular formula is C17H16F3N5OS. The maximum atomic E-state index is 12.6. The van der Waals surface area contributed by atoms with Crippen LogP contribution in [0.2, 0.25) is 0 Å². The van der Waals surface area contributed by atoms with Crippen LogP contribution in [0.5, 0.6) is 0 Å². The number of nitrogens with zero attached hydrogens (tertiary/aromatic N) is 5. The van der Waals surface area contributed by atoms with Crippen LogP contribution >= 0.6 is 11.3 Å². The Labute approximate surface area is 156 Å². The molecule has 0 spiro atoms. The average molecular weight is 395 g/mol. The van der Waals surface area contributed by atoms with E-state index in [1.165, 1.54) is 4.57 Å². The van der Waals surface area contributed by atoms with Crippen molar-refractivity contribution in [2.24, 2.45) is 5.92 Å². The van der Waals surface area contributed by atoms with Crippen molar-refractivity contribution < 1.29 is 13.2 Å². The fraction of sp³-hybridized carbons (Fsp3) is 0.412. The Kier molecular flexibility index (Phi) is 4.58. The standard InChI is InChI=1S/C17H16F3N5OS/c18-17(19,20)13-7-14(26)25(10-23-13)8-11-1-4-24(5-2-11)16-15-12(3-6-27-15)21-9-22-16/h3,6-7,9-11H,1-2,4-5,8H2. The summed E-state index contributed by atoms with van der Waals surface area (Å²) in [6, 6.07) is 2.52. The molecular weight excluding hydrogens is 379 g/mol. The third kappa shape index (κ3) is 3.66. The number of hydrogen-bond donors (Lipinski definition) is 0. The molecule has 0 amide bonds. The summed E-state index contributed by atoms with van der Waals surface area (Å²) in [4.78, 5) is 26.2. The van der Waals surface area contributed by atoms with Gasteiger partial charge >= 0.3 is 6.18 Å². The van der Waals surface area contributed by atoms with Crippen LogP contribution in [0.3, 0.4) is 0 Å². The molecule has 1 aliphatic rings. The quantitative estimate of drug-likeness (QED) is 0.682. The Morgan fingerprint density at radius 2 is 1.96 bits per heavy atom. The predicted molar refractivity (Wildman–Crippen MR) is 95.9 cm³/mol. The number of anilines is 1. The van der Waals surface area contributed by atoms with Gasteiger partial charge in [-0.25, -0.2) is 15.0 Å². The van der Waals surface area contributed by atoms with Gasteiger partial charge in [-0.05, 0) is 30.2 Å². The SMILES string of the molecule is O=c1cc(C(F)(F)F)ncn1CC1CCN(c2ncnc3ccsc23)CC1. The number of piperidine rings is 1. The van der Waals surface area contributed by atoms with Gasteiger partial charge in [-0.15, -0.1) is 11.3 Å². The van der Waals surface area contributed by atoms with E-state index in [0.717, 1.165) is 48.3 Å². The Hall–Kier alpha value is -2.49. The lowest BCUT2D eigenvalue weighted by molar-refractivity contribution is -0.141. The Morgan fingerprint density at radius 3 is 2.67 bits per heavy atom. The van der Waals surface area contributed by atoms with Gasteiger partial charge in [-0.2, -0.15) is 13.2 Å². The third-order valence-electron chi connectivity index (χ3n) is 4.76. The summed E-state index contributed by atoms with van der Waals surface area (Å²) in [5.74, 6) is 1.12. The molecule has 0 unspecified atom stereocenters. The zero-order chi connectivity index (χ0) is 19.0. The lowest BCUT2D eigenvalue weighted by Crippen LogP contribution is -2.37. The second kappa shape index (κ2) is 6.91. The molecule has 6 nitrogen and oxygen atoms in total. The minimum atomic E-state index is -4.60. The van der Waals surface area contributed by atoms with Gasteiger partial charge in [0.15, 0.2) is 5.69 Å². The monoisotopic (exact) mass is 395 g/mol. The van der Waals surface area contributed by atoms with Gasteiger partial charge in [0.25, 0.3) is 5.56 Å². The Morgan fingerprint density at radius 1 is 1.19 bits per heavy atom. The van der Waals surface area contributed by atoms with E-state index in [2.05, 4.69) is 19.9 Å². The maximum Gasteiger partial charge on any atom is 0.433 e. The number of aromatic nitrogens is 4. The van der Waals surface area contributed by atoms with Crippen molar-refractivity contribution in [2.75, 3.05) is 18.0 Å². The van der Waals surface area contributed by atoms with Crippen LogP contribution in [-0.2, 0) is 12.7 Å². The summed E-state index contributed by atoms with van der Waals surface area (Å²) in [5.41, 5.74) is -0.896. The minimum absolute atomic E-state index is 0.207. The van der Waals surface area contributed by atoms with E-state index in [9.17, 15) is 18.0 Å². The molecule has 4 rings (SSSR count). The van der Waals surface area contributed by atoms with Gasteiger partial charge in [0.05, 0.1) is 16.5 Å². The predicted octanol–water partition coefficient (Wildman–Crippen LogP) is 3.18. The van der Waals surface area contributed by atoms with Crippen LogP contribution < -0.4 is 10.5 Å². The second-order valence-electron chi connectivity index (χ2n) is 6.53. The maximum absolute atomic E-state index is 12.6. The van der Waals surface area contributed by atoms with Crippen LogP contribution in [0, 0.1) is 5.92 Å². The lowest BCUT2D eigenvalue weighted by atomic mass is 9.96. The highest BCUT2D eigenvalue weighted by Gasteiger charge is 2.33.